The SMILES string of the molecule is CCCCCC1CCCCC1CCCOc1ccc(Cl)cc1. The van der Waals surface area contributed by atoms with E-state index in [4.69, 9.17) is 16.3 Å². The lowest BCUT2D eigenvalue weighted by Crippen LogP contribution is -2.20. The average Bonchev–Trinajstić information content (AvgIpc) is 2.55. The van der Waals surface area contributed by atoms with Crippen LogP contribution in [0.4, 0.5) is 0 Å². The largest absolute Gasteiger partial charge is 0.494 e. The van der Waals surface area contributed by atoms with Crippen molar-refractivity contribution in [2.75, 3.05) is 6.61 Å². The van der Waals surface area contributed by atoms with E-state index in [0.29, 0.717) is 0 Å². The topological polar surface area (TPSA) is 9.23 Å². The number of hydrogen-bond donors (Lipinski definition) is 0. The first-order valence-corrected chi connectivity index (χ1v) is 9.55. The van der Waals surface area contributed by atoms with Gasteiger partial charge < -0.3 is 4.74 Å². The Kier molecular flexibility index (Phi) is 8.15. The smallest absolute Gasteiger partial charge is 0.119 e. The highest BCUT2D eigenvalue weighted by atomic mass is 35.5. The predicted octanol–water partition coefficient (Wildman–Crippen LogP) is 6.89. The Morgan fingerprint density at radius 1 is 0.955 bits per heavy atom. The number of benzene rings is 1. The van der Waals surface area contributed by atoms with Gasteiger partial charge in [-0.15, -0.1) is 0 Å². The summed E-state index contributed by atoms with van der Waals surface area (Å²) in [6.07, 6.45) is 13.9. The van der Waals surface area contributed by atoms with Gasteiger partial charge in [-0.05, 0) is 48.9 Å². The molecule has 0 spiro atoms. The minimum absolute atomic E-state index is 0.768. The van der Waals surface area contributed by atoms with Crippen molar-refractivity contribution in [3.05, 3.63) is 29.3 Å². The normalized spacial score (nSPS) is 21.7. The lowest BCUT2D eigenvalue weighted by Gasteiger charge is -2.31. The molecule has 2 heteroatoms. The van der Waals surface area contributed by atoms with E-state index in [1.54, 1.807) is 0 Å². The van der Waals surface area contributed by atoms with Crippen molar-refractivity contribution >= 4 is 11.6 Å². The molecule has 0 radical (unpaired) electrons. The quantitative estimate of drug-likeness (QED) is 0.450. The Balaban J connectivity index is 1.66. The summed E-state index contributed by atoms with van der Waals surface area (Å²) in [5, 5.41) is 0.768. The molecule has 1 aliphatic rings. The zero-order chi connectivity index (χ0) is 15.6. The van der Waals surface area contributed by atoms with E-state index in [0.717, 1.165) is 29.2 Å². The predicted molar refractivity (Wildman–Crippen MR) is 95.8 cm³/mol. The van der Waals surface area contributed by atoms with Gasteiger partial charge in [-0.3, -0.25) is 0 Å². The van der Waals surface area contributed by atoms with Gasteiger partial charge in [0.1, 0.15) is 5.75 Å². The molecule has 22 heavy (non-hydrogen) atoms. The first-order chi connectivity index (χ1) is 10.8. The van der Waals surface area contributed by atoms with Gasteiger partial charge in [0.25, 0.3) is 0 Å². The van der Waals surface area contributed by atoms with E-state index in [-0.39, 0.29) is 0 Å². The Morgan fingerprint density at radius 2 is 1.59 bits per heavy atom. The zero-order valence-corrected chi connectivity index (χ0v) is 14.8. The monoisotopic (exact) mass is 322 g/mol. The first-order valence-electron chi connectivity index (χ1n) is 9.18. The summed E-state index contributed by atoms with van der Waals surface area (Å²) in [6.45, 7) is 3.13. The number of hydrogen-bond acceptors (Lipinski definition) is 1. The van der Waals surface area contributed by atoms with Gasteiger partial charge >= 0.3 is 0 Å². The molecule has 2 rings (SSSR count). The molecule has 0 bridgehead atoms. The Morgan fingerprint density at radius 3 is 2.23 bits per heavy atom. The van der Waals surface area contributed by atoms with Gasteiger partial charge in [-0.1, -0.05) is 69.9 Å². The minimum atomic E-state index is 0.768. The van der Waals surface area contributed by atoms with Gasteiger partial charge in [-0.2, -0.15) is 0 Å². The van der Waals surface area contributed by atoms with E-state index in [9.17, 15) is 0 Å². The molecule has 2 atom stereocenters. The zero-order valence-electron chi connectivity index (χ0n) is 14.0. The molecular weight excluding hydrogens is 292 g/mol. The van der Waals surface area contributed by atoms with Crippen molar-refractivity contribution in [2.45, 2.75) is 71.1 Å². The molecule has 1 aliphatic carbocycles. The van der Waals surface area contributed by atoms with Crippen LogP contribution in [0.1, 0.15) is 71.1 Å². The minimum Gasteiger partial charge on any atom is -0.494 e. The van der Waals surface area contributed by atoms with Crippen LogP contribution in [0.5, 0.6) is 5.75 Å². The van der Waals surface area contributed by atoms with Crippen LogP contribution in [0.25, 0.3) is 0 Å². The number of unbranched alkanes of at least 4 members (excludes halogenated alkanes) is 2. The third-order valence-electron chi connectivity index (χ3n) is 5.05. The van der Waals surface area contributed by atoms with Crippen LogP contribution in [-0.4, -0.2) is 6.61 Å². The lowest BCUT2D eigenvalue weighted by atomic mass is 9.74. The third kappa shape index (κ3) is 6.20. The third-order valence-corrected chi connectivity index (χ3v) is 5.30. The fourth-order valence-electron chi connectivity index (χ4n) is 3.77. The summed E-state index contributed by atoms with van der Waals surface area (Å²) in [4.78, 5) is 0. The second kappa shape index (κ2) is 10.2. The summed E-state index contributed by atoms with van der Waals surface area (Å²) >= 11 is 5.89. The highest BCUT2D eigenvalue weighted by Crippen LogP contribution is 2.36. The van der Waals surface area contributed by atoms with Crippen LogP contribution in [0.3, 0.4) is 0 Å². The summed E-state index contributed by atoms with van der Waals surface area (Å²) in [7, 11) is 0. The molecule has 0 amide bonds. The van der Waals surface area contributed by atoms with E-state index >= 15 is 0 Å². The Hall–Kier alpha value is -0.690. The van der Waals surface area contributed by atoms with Crippen LogP contribution in [0.15, 0.2) is 24.3 Å². The number of halogens is 1. The second-order valence-corrected chi connectivity index (χ2v) is 7.18. The molecule has 2 unspecified atom stereocenters. The van der Waals surface area contributed by atoms with Crippen molar-refractivity contribution in [3.63, 3.8) is 0 Å². The summed E-state index contributed by atoms with van der Waals surface area (Å²) in [5.74, 6) is 2.86. The Labute approximate surface area is 141 Å². The number of ether oxygens (including phenoxy) is 1. The van der Waals surface area contributed by atoms with E-state index < -0.39 is 0 Å². The first kappa shape index (κ1) is 17.7. The molecule has 1 aromatic rings. The standard InChI is InChI=1S/C20H31ClO/c1-2-3-4-8-17-9-5-6-10-18(17)11-7-16-22-20-14-12-19(21)13-15-20/h12-15,17-18H,2-11,16H2,1H3. The van der Waals surface area contributed by atoms with Crippen LogP contribution in [0, 0.1) is 11.8 Å². The molecular formula is C20H31ClO. The van der Waals surface area contributed by atoms with Crippen molar-refractivity contribution in [3.8, 4) is 5.75 Å². The Bertz CT molecular complexity index is 401. The molecule has 1 nitrogen and oxygen atoms in total. The molecule has 0 saturated heterocycles. The van der Waals surface area contributed by atoms with Crippen molar-refractivity contribution in [1.29, 1.82) is 0 Å². The highest BCUT2D eigenvalue weighted by Gasteiger charge is 2.24. The molecule has 1 aromatic carbocycles. The summed E-state index contributed by atoms with van der Waals surface area (Å²) in [5.41, 5.74) is 0. The van der Waals surface area contributed by atoms with Gasteiger partial charge in [-0.25, -0.2) is 0 Å². The molecule has 0 aromatic heterocycles. The van der Waals surface area contributed by atoms with Gasteiger partial charge in [0, 0.05) is 5.02 Å². The van der Waals surface area contributed by atoms with Gasteiger partial charge in [0.2, 0.25) is 0 Å². The molecule has 0 heterocycles. The van der Waals surface area contributed by atoms with Gasteiger partial charge in [0.05, 0.1) is 6.61 Å². The second-order valence-electron chi connectivity index (χ2n) is 6.75. The summed E-state index contributed by atoms with van der Waals surface area (Å²) < 4.78 is 5.83. The average molecular weight is 323 g/mol. The number of rotatable bonds is 9. The van der Waals surface area contributed by atoms with E-state index in [2.05, 4.69) is 6.92 Å². The molecule has 124 valence electrons. The van der Waals surface area contributed by atoms with Crippen LogP contribution < -0.4 is 4.74 Å². The maximum atomic E-state index is 5.89. The fraction of sp³-hybridized carbons (Fsp3) is 0.700. The van der Waals surface area contributed by atoms with Crippen LogP contribution >= 0.6 is 11.6 Å². The fourth-order valence-corrected chi connectivity index (χ4v) is 3.89. The van der Waals surface area contributed by atoms with Gasteiger partial charge in [0.15, 0.2) is 0 Å². The van der Waals surface area contributed by atoms with Crippen LogP contribution in [-0.2, 0) is 0 Å². The maximum Gasteiger partial charge on any atom is 0.119 e. The van der Waals surface area contributed by atoms with E-state index in [1.807, 2.05) is 24.3 Å². The van der Waals surface area contributed by atoms with Crippen molar-refractivity contribution < 1.29 is 4.74 Å². The van der Waals surface area contributed by atoms with Crippen molar-refractivity contribution in [2.24, 2.45) is 11.8 Å². The molecule has 0 N–H and O–H groups in total. The summed E-state index contributed by atoms with van der Waals surface area (Å²) in [6, 6.07) is 7.69. The van der Waals surface area contributed by atoms with Crippen LogP contribution in [0.2, 0.25) is 5.02 Å². The molecule has 0 aliphatic heterocycles. The maximum absolute atomic E-state index is 5.89. The molecule has 1 saturated carbocycles. The van der Waals surface area contributed by atoms with Crippen molar-refractivity contribution in [1.82, 2.24) is 0 Å². The molecule has 1 fully saturated rings. The highest BCUT2D eigenvalue weighted by molar-refractivity contribution is 6.30. The van der Waals surface area contributed by atoms with E-state index in [1.165, 1.54) is 64.2 Å². The lowest BCUT2D eigenvalue weighted by molar-refractivity contribution is 0.190.